The Kier molecular flexibility index (Phi) is 4.15. The minimum absolute atomic E-state index is 0.0758. The monoisotopic (exact) mass is 316 g/mol. The lowest BCUT2D eigenvalue weighted by molar-refractivity contribution is -0.384. The van der Waals surface area contributed by atoms with Crippen LogP contribution in [0.1, 0.15) is 29.5 Å². The number of thiazole rings is 1. The molecule has 1 unspecified atom stereocenters. The van der Waals surface area contributed by atoms with Gasteiger partial charge in [0.15, 0.2) is 0 Å². The molecule has 0 saturated carbocycles. The van der Waals surface area contributed by atoms with Gasteiger partial charge in [-0.15, -0.1) is 11.3 Å². The van der Waals surface area contributed by atoms with Crippen molar-refractivity contribution in [3.05, 3.63) is 50.5 Å². The minimum Gasteiger partial charge on any atom is -0.258 e. The smallest absolute Gasteiger partial charge is 0.258 e. The van der Waals surface area contributed by atoms with E-state index in [4.69, 9.17) is 0 Å². The zero-order valence-corrected chi connectivity index (χ0v) is 13.0. The molecule has 0 saturated heterocycles. The van der Waals surface area contributed by atoms with Crippen LogP contribution in [0.15, 0.2) is 29.4 Å². The Balaban J connectivity index is 1.63. The Morgan fingerprint density at radius 1 is 1.45 bits per heavy atom. The molecule has 1 aromatic carbocycles. The van der Waals surface area contributed by atoms with Gasteiger partial charge in [-0.3, -0.25) is 15.5 Å². The second-order valence-electron chi connectivity index (χ2n) is 5.46. The summed E-state index contributed by atoms with van der Waals surface area (Å²) in [6, 6.07) is 6.26. The van der Waals surface area contributed by atoms with Crippen LogP contribution in [-0.2, 0) is 12.8 Å². The van der Waals surface area contributed by atoms with Crippen LogP contribution < -0.4 is 5.43 Å². The molecule has 22 heavy (non-hydrogen) atoms. The van der Waals surface area contributed by atoms with Gasteiger partial charge >= 0.3 is 0 Å². The summed E-state index contributed by atoms with van der Waals surface area (Å²) >= 11 is 1.66. The van der Waals surface area contributed by atoms with Crippen molar-refractivity contribution in [3.8, 4) is 0 Å². The lowest BCUT2D eigenvalue weighted by atomic mass is 9.93. The molecule has 114 valence electrons. The van der Waals surface area contributed by atoms with Crippen molar-refractivity contribution >= 4 is 28.4 Å². The molecule has 0 amide bonds. The van der Waals surface area contributed by atoms with Crippen LogP contribution in [0.3, 0.4) is 0 Å². The molecule has 1 aromatic heterocycles. The number of benzene rings is 1. The first-order chi connectivity index (χ1) is 10.6. The number of hydrogen-bond acceptors (Lipinski definition) is 6. The first-order valence-electron chi connectivity index (χ1n) is 7.14. The molecule has 0 bridgehead atoms. The number of rotatable bonds is 4. The Morgan fingerprint density at radius 3 is 2.95 bits per heavy atom. The molecular formula is C15H16N4O2S. The number of nitrogens with one attached hydrogen (secondary N) is 1. The lowest BCUT2D eigenvalue weighted by Gasteiger charge is -2.15. The van der Waals surface area contributed by atoms with E-state index >= 15 is 0 Å². The first kappa shape index (κ1) is 14.6. The van der Waals surface area contributed by atoms with Gasteiger partial charge in [0.25, 0.3) is 5.69 Å². The van der Waals surface area contributed by atoms with Gasteiger partial charge in [-0.2, -0.15) is 5.10 Å². The van der Waals surface area contributed by atoms with E-state index in [0.29, 0.717) is 0 Å². The number of aryl methyl sites for hydroxylation is 1. The van der Waals surface area contributed by atoms with Gasteiger partial charge in [-0.1, -0.05) is 6.92 Å². The molecule has 0 fully saturated rings. The molecule has 1 heterocycles. The molecular weight excluding hydrogens is 300 g/mol. The Labute approximate surface area is 132 Å². The number of fused-ring (bicyclic) bond motifs is 1. The molecule has 1 N–H and O–H groups in total. The topological polar surface area (TPSA) is 80.4 Å². The number of hydrazone groups is 1. The highest BCUT2D eigenvalue weighted by Crippen LogP contribution is 2.31. The van der Waals surface area contributed by atoms with Crippen molar-refractivity contribution in [1.82, 2.24) is 4.98 Å². The van der Waals surface area contributed by atoms with Crippen LogP contribution in [0, 0.1) is 16.0 Å². The summed E-state index contributed by atoms with van der Waals surface area (Å²) < 4.78 is 0. The van der Waals surface area contributed by atoms with E-state index in [1.54, 1.807) is 29.7 Å². The van der Waals surface area contributed by atoms with Crippen LogP contribution in [0.5, 0.6) is 0 Å². The summed E-state index contributed by atoms with van der Waals surface area (Å²) in [6.07, 6.45) is 4.97. The molecule has 0 spiro atoms. The van der Waals surface area contributed by atoms with E-state index < -0.39 is 4.92 Å². The van der Waals surface area contributed by atoms with E-state index in [1.165, 1.54) is 29.1 Å². The first-order valence-corrected chi connectivity index (χ1v) is 7.95. The van der Waals surface area contributed by atoms with E-state index in [2.05, 4.69) is 22.4 Å². The van der Waals surface area contributed by atoms with Gasteiger partial charge in [0.1, 0.15) is 0 Å². The number of hydrogen-bond donors (Lipinski definition) is 1. The van der Waals surface area contributed by atoms with Gasteiger partial charge in [0.05, 0.1) is 16.8 Å². The molecule has 2 aromatic rings. The van der Waals surface area contributed by atoms with E-state index in [1.807, 2.05) is 0 Å². The highest BCUT2D eigenvalue weighted by atomic mass is 32.1. The molecule has 6 nitrogen and oxygen atoms in total. The summed E-state index contributed by atoms with van der Waals surface area (Å²) in [6.45, 7) is 2.27. The summed E-state index contributed by atoms with van der Waals surface area (Å²) in [5.74, 6) is 0.726. The normalized spacial score (nSPS) is 17.4. The average Bonchev–Trinajstić information content (AvgIpc) is 2.89. The second-order valence-corrected chi connectivity index (χ2v) is 6.54. The predicted octanol–water partition coefficient (Wildman–Crippen LogP) is 3.62. The number of non-ortho nitro benzene ring substituents is 1. The predicted molar refractivity (Wildman–Crippen MR) is 87.6 cm³/mol. The van der Waals surface area contributed by atoms with Crippen molar-refractivity contribution in [2.24, 2.45) is 11.0 Å². The number of nitro benzene ring substituents is 1. The molecule has 0 aliphatic heterocycles. The van der Waals surface area contributed by atoms with Gasteiger partial charge in [0, 0.05) is 17.0 Å². The number of nitrogens with zero attached hydrogens (tertiary/aromatic N) is 3. The van der Waals surface area contributed by atoms with Crippen LogP contribution >= 0.6 is 11.3 Å². The summed E-state index contributed by atoms with van der Waals surface area (Å²) in [7, 11) is 0. The Hall–Kier alpha value is -2.28. The fraction of sp³-hybridized carbons (Fsp3) is 0.333. The maximum absolute atomic E-state index is 10.6. The van der Waals surface area contributed by atoms with Gasteiger partial charge in [0.2, 0.25) is 5.13 Å². The van der Waals surface area contributed by atoms with Crippen LogP contribution in [0.25, 0.3) is 0 Å². The minimum atomic E-state index is -0.416. The standard InChI is InChI=1S/C15H16N4O2S/c1-10-2-7-13-14(8-10)22-15(17-13)18-16-9-11-3-5-12(6-4-11)19(20)21/h3-6,9-10H,2,7-8H2,1H3,(H,17,18)/b16-9-. The highest BCUT2D eigenvalue weighted by Gasteiger charge is 2.19. The summed E-state index contributed by atoms with van der Waals surface area (Å²) in [4.78, 5) is 16.1. The van der Waals surface area contributed by atoms with Crippen molar-refractivity contribution in [2.75, 3.05) is 5.43 Å². The van der Waals surface area contributed by atoms with E-state index in [9.17, 15) is 10.1 Å². The third-order valence-electron chi connectivity index (χ3n) is 3.66. The van der Waals surface area contributed by atoms with Crippen molar-refractivity contribution in [3.63, 3.8) is 0 Å². The largest absolute Gasteiger partial charge is 0.269 e. The van der Waals surface area contributed by atoms with Crippen molar-refractivity contribution in [1.29, 1.82) is 0 Å². The molecule has 7 heteroatoms. The maximum atomic E-state index is 10.6. The third kappa shape index (κ3) is 3.30. The molecule has 3 rings (SSSR count). The van der Waals surface area contributed by atoms with Gasteiger partial charge in [-0.05, 0) is 42.9 Å². The molecule has 1 aliphatic carbocycles. The Bertz CT molecular complexity index is 709. The fourth-order valence-electron chi connectivity index (χ4n) is 2.43. The lowest BCUT2D eigenvalue weighted by Crippen LogP contribution is -2.09. The maximum Gasteiger partial charge on any atom is 0.269 e. The number of anilines is 1. The third-order valence-corrected chi connectivity index (χ3v) is 4.69. The second kappa shape index (κ2) is 6.23. The van der Waals surface area contributed by atoms with Crippen LogP contribution in [-0.4, -0.2) is 16.1 Å². The van der Waals surface area contributed by atoms with Crippen molar-refractivity contribution in [2.45, 2.75) is 26.2 Å². The van der Waals surface area contributed by atoms with Gasteiger partial charge < -0.3 is 0 Å². The van der Waals surface area contributed by atoms with E-state index in [0.717, 1.165) is 29.5 Å². The summed E-state index contributed by atoms with van der Waals surface area (Å²) in [5.41, 5.74) is 5.01. The zero-order valence-electron chi connectivity index (χ0n) is 12.2. The highest BCUT2D eigenvalue weighted by molar-refractivity contribution is 7.15. The number of nitro groups is 1. The molecule has 1 aliphatic rings. The Morgan fingerprint density at radius 2 is 2.23 bits per heavy atom. The van der Waals surface area contributed by atoms with Gasteiger partial charge in [-0.25, -0.2) is 4.98 Å². The fourth-order valence-corrected chi connectivity index (χ4v) is 3.55. The average molecular weight is 316 g/mol. The number of aromatic nitrogens is 1. The quantitative estimate of drug-likeness (QED) is 0.530. The van der Waals surface area contributed by atoms with Crippen LogP contribution in [0.4, 0.5) is 10.8 Å². The molecule has 1 atom stereocenters. The van der Waals surface area contributed by atoms with E-state index in [-0.39, 0.29) is 5.69 Å². The SMILES string of the molecule is CC1CCc2nc(N/N=C\c3ccc([N+](=O)[O-])cc3)sc2C1. The summed E-state index contributed by atoms with van der Waals surface area (Å²) in [5, 5.41) is 15.5. The van der Waals surface area contributed by atoms with Crippen LogP contribution in [0.2, 0.25) is 0 Å². The van der Waals surface area contributed by atoms with Crippen molar-refractivity contribution < 1.29 is 4.92 Å². The molecule has 0 radical (unpaired) electrons. The zero-order chi connectivity index (χ0) is 15.5.